The summed E-state index contributed by atoms with van der Waals surface area (Å²) < 4.78 is 0.305. The quantitative estimate of drug-likeness (QED) is 0.0771. The third-order valence-corrected chi connectivity index (χ3v) is 7.20. The second-order valence-corrected chi connectivity index (χ2v) is 10.4. The summed E-state index contributed by atoms with van der Waals surface area (Å²) in [5.41, 5.74) is 5.74. The molecule has 202 valence electrons. The first-order valence-corrected chi connectivity index (χ1v) is 14.8. The Bertz CT molecular complexity index is 615. The number of allylic oxidation sites excluding steroid dienone is 2. The van der Waals surface area contributed by atoms with E-state index in [-0.39, 0.29) is 6.54 Å². The summed E-state index contributed by atoms with van der Waals surface area (Å²) in [7, 11) is 0. The van der Waals surface area contributed by atoms with Crippen molar-refractivity contribution in [1.29, 1.82) is 0 Å². The lowest BCUT2D eigenvalue weighted by molar-refractivity contribution is -0.778. The summed E-state index contributed by atoms with van der Waals surface area (Å²) in [6.45, 7) is 3.40. The molecule has 0 amide bonds. The minimum Gasteiger partial charge on any atom is -0.477 e. The summed E-state index contributed by atoms with van der Waals surface area (Å²) >= 11 is 0. The van der Waals surface area contributed by atoms with Crippen LogP contribution < -0.4 is 5.73 Å². The number of carboxylic acids is 1. The Balaban J connectivity index is 1.89. The van der Waals surface area contributed by atoms with Crippen molar-refractivity contribution < 1.29 is 14.4 Å². The van der Waals surface area contributed by atoms with Crippen LogP contribution in [0.5, 0.6) is 0 Å². The molecule has 0 fully saturated rings. The van der Waals surface area contributed by atoms with Gasteiger partial charge in [-0.3, -0.25) is 0 Å². The molecule has 1 rings (SSSR count). The zero-order valence-corrected chi connectivity index (χ0v) is 22.9. The highest BCUT2D eigenvalue weighted by atomic mass is 16.4. The average molecular weight is 491 g/mol. The zero-order chi connectivity index (χ0) is 25.5. The van der Waals surface area contributed by atoms with Crippen molar-refractivity contribution in [1.82, 2.24) is 0 Å². The maximum absolute atomic E-state index is 11.3. The number of nitrogens with zero attached hydrogens (tertiary/aromatic N) is 2. The normalized spacial score (nSPS) is 17.5. The highest BCUT2D eigenvalue weighted by molar-refractivity contribution is 5.81. The first-order valence-electron chi connectivity index (χ1n) is 14.8. The van der Waals surface area contributed by atoms with Crippen molar-refractivity contribution in [3.8, 4) is 0 Å². The van der Waals surface area contributed by atoms with Gasteiger partial charge in [0.15, 0.2) is 6.54 Å². The number of nitrogens with two attached hydrogens (primary N) is 1. The van der Waals surface area contributed by atoms with Gasteiger partial charge in [-0.15, -0.1) is 0 Å². The topological polar surface area (TPSA) is 75.7 Å². The third kappa shape index (κ3) is 16.0. The molecular formula is C30H56N3O2+. The fourth-order valence-corrected chi connectivity index (χ4v) is 5.05. The van der Waals surface area contributed by atoms with E-state index < -0.39 is 5.97 Å². The van der Waals surface area contributed by atoms with E-state index in [9.17, 15) is 9.90 Å². The van der Waals surface area contributed by atoms with Crippen LogP contribution in [0.1, 0.15) is 135 Å². The van der Waals surface area contributed by atoms with E-state index in [1.807, 2.05) is 6.20 Å². The lowest BCUT2D eigenvalue weighted by Crippen LogP contribution is -2.52. The van der Waals surface area contributed by atoms with Crippen molar-refractivity contribution >= 4 is 11.8 Å². The van der Waals surface area contributed by atoms with Crippen LogP contribution in [0.15, 0.2) is 29.5 Å². The predicted molar refractivity (Wildman–Crippen MR) is 150 cm³/mol. The largest absolute Gasteiger partial charge is 0.477 e. The molecule has 1 atom stereocenters. The third-order valence-electron chi connectivity index (χ3n) is 7.20. The molecule has 0 aromatic carbocycles. The number of aliphatic carboxylic acids is 1. The van der Waals surface area contributed by atoms with Crippen molar-refractivity contribution in [3.05, 3.63) is 24.6 Å². The molecule has 0 aromatic rings. The molecule has 35 heavy (non-hydrogen) atoms. The van der Waals surface area contributed by atoms with Crippen molar-refractivity contribution in [3.63, 3.8) is 0 Å². The van der Waals surface area contributed by atoms with E-state index in [1.165, 1.54) is 116 Å². The highest BCUT2D eigenvalue weighted by Crippen LogP contribution is 2.21. The van der Waals surface area contributed by atoms with Gasteiger partial charge in [0.25, 0.3) is 0 Å². The molecule has 1 heterocycles. The summed E-state index contributed by atoms with van der Waals surface area (Å²) in [5, 5.41) is 9.28. The first-order chi connectivity index (χ1) is 17.1. The number of unbranched alkanes of at least 4 members (excludes halogenated alkanes) is 17. The number of quaternary nitrogens is 1. The molecule has 5 heteroatoms. The molecule has 3 N–H and O–H groups in total. The molecule has 1 aliphatic rings. The van der Waals surface area contributed by atoms with Crippen LogP contribution >= 0.6 is 0 Å². The maximum Gasteiger partial charge on any atom is 0.360 e. The van der Waals surface area contributed by atoms with Gasteiger partial charge in [-0.1, -0.05) is 109 Å². The number of aliphatic imine (C=N–C) groups is 1. The fraction of sp³-hybridized carbons (Fsp3) is 0.800. The van der Waals surface area contributed by atoms with Crippen LogP contribution in [0.25, 0.3) is 0 Å². The Morgan fingerprint density at radius 3 is 1.80 bits per heavy atom. The van der Waals surface area contributed by atoms with E-state index in [1.54, 1.807) is 6.20 Å². The highest BCUT2D eigenvalue weighted by Gasteiger charge is 2.36. The van der Waals surface area contributed by atoms with E-state index in [0.29, 0.717) is 17.6 Å². The minimum atomic E-state index is -0.799. The van der Waals surface area contributed by atoms with E-state index in [0.717, 1.165) is 18.7 Å². The number of rotatable bonds is 25. The van der Waals surface area contributed by atoms with Crippen molar-refractivity contribution in [2.45, 2.75) is 135 Å². The van der Waals surface area contributed by atoms with Gasteiger partial charge in [0.1, 0.15) is 12.7 Å². The fourth-order valence-electron chi connectivity index (χ4n) is 5.05. The average Bonchev–Trinajstić information content (AvgIpc) is 3.21. The summed E-state index contributed by atoms with van der Waals surface area (Å²) in [6, 6.07) is 0. The van der Waals surface area contributed by atoms with Crippen molar-refractivity contribution in [2.24, 2.45) is 10.7 Å². The van der Waals surface area contributed by atoms with E-state index in [2.05, 4.69) is 24.1 Å². The van der Waals surface area contributed by atoms with Crippen LogP contribution in [0.2, 0.25) is 0 Å². The molecule has 0 aliphatic carbocycles. The Hall–Kier alpha value is -1.46. The minimum absolute atomic E-state index is 0.0426. The smallest absolute Gasteiger partial charge is 0.360 e. The number of hydrogen-bond acceptors (Lipinski definition) is 3. The number of amidine groups is 1. The first kappa shape index (κ1) is 31.6. The molecule has 0 saturated carbocycles. The van der Waals surface area contributed by atoms with Gasteiger partial charge >= 0.3 is 5.97 Å². The molecule has 0 bridgehead atoms. The standard InChI is InChI=1S/C30H55N3O2/c1-2-3-4-5-6-7-8-9-10-11-12-13-14-15-16-17-18-19-20-21-22-23-29-32-25-27-33(29,26-24-31)28-30(34)35/h12-13,25,27H,2-11,14-24,26,28,31H2,1H3/p+1/b13-12+. The molecule has 0 spiro atoms. The number of carbonyl (C=O) groups is 1. The second kappa shape index (κ2) is 21.8. The Labute approximate surface area is 216 Å². The zero-order valence-electron chi connectivity index (χ0n) is 22.9. The summed E-state index contributed by atoms with van der Waals surface area (Å²) in [5.74, 6) is 0.163. The second-order valence-electron chi connectivity index (χ2n) is 10.4. The van der Waals surface area contributed by atoms with Gasteiger partial charge in [0.2, 0.25) is 5.84 Å². The Morgan fingerprint density at radius 2 is 1.31 bits per heavy atom. The monoisotopic (exact) mass is 490 g/mol. The van der Waals surface area contributed by atoms with Crippen molar-refractivity contribution in [2.75, 3.05) is 19.6 Å². The van der Waals surface area contributed by atoms with Crippen LogP contribution in [-0.2, 0) is 4.79 Å². The maximum atomic E-state index is 11.3. The lowest BCUT2D eigenvalue weighted by atomic mass is 10.0. The summed E-state index contributed by atoms with van der Waals surface area (Å²) in [6.07, 6.45) is 34.7. The van der Waals surface area contributed by atoms with Gasteiger partial charge in [0, 0.05) is 13.0 Å². The van der Waals surface area contributed by atoms with Gasteiger partial charge < -0.3 is 10.8 Å². The Morgan fingerprint density at radius 1 is 0.829 bits per heavy atom. The van der Waals surface area contributed by atoms with Gasteiger partial charge in [0.05, 0.1) is 6.20 Å². The van der Waals surface area contributed by atoms with Gasteiger partial charge in [-0.05, 0) is 32.1 Å². The van der Waals surface area contributed by atoms with E-state index >= 15 is 0 Å². The molecule has 1 aliphatic heterocycles. The molecule has 0 radical (unpaired) electrons. The molecule has 0 saturated heterocycles. The molecule has 0 aromatic heterocycles. The van der Waals surface area contributed by atoms with Gasteiger partial charge in [-0.2, -0.15) is 0 Å². The van der Waals surface area contributed by atoms with E-state index in [4.69, 9.17) is 5.73 Å². The predicted octanol–water partition coefficient (Wildman–Crippen LogP) is 8.11. The molecule has 5 nitrogen and oxygen atoms in total. The SMILES string of the molecule is CCCCCCCCCCC/C=C/CCCCCCCCCCC1=NC=C[N+]1(CCN)CC(=O)O. The van der Waals surface area contributed by atoms with Crippen LogP contribution in [0.4, 0.5) is 0 Å². The number of carboxylic acid groups (broad SMARTS) is 1. The molecular weight excluding hydrogens is 434 g/mol. The van der Waals surface area contributed by atoms with Crippen LogP contribution in [-0.4, -0.2) is 41.0 Å². The summed E-state index contributed by atoms with van der Waals surface area (Å²) in [4.78, 5) is 15.8. The number of hydrogen-bond donors (Lipinski definition) is 2. The lowest BCUT2D eigenvalue weighted by Gasteiger charge is -2.30. The van der Waals surface area contributed by atoms with Crippen LogP contribution in [0.3, 0.4) is 0 Å². The van der Waals surface area contributed by atoms with Crippen LogP contribution in [0, 0.1) is 0 Å². The molecule has 1 unspecified atom stereocenters. The Kier molecular flexibility index (Phi) is 19.7. The van der Waals surface area contributed by atoms with Gasteiger partial charge in [-0.25, -0.2) is 14.3 Å².